The zero-order chi connectivity index (χ0) is 19.1. The van der Waals surface area contributed by atoms with Gasteiger partial charge in [-0.1, -0.05) is 13.3 Å². The lowest BCUT2D eigenvalue weighted by molar-refractivity contribution is -0.0863. The molecule has 0 radical (unpaired) electrons. The predicted molar refractivity (Wildman–Crippen MR) is 102 cm³/mol. The Hall–Kier alpha value is -1.73. The Morgan fingerprint density at radius 1 is 1.31 bits per heavy atom. The molecule has 1 atom stereocenters. The topological polar surface area (TPSA) is 72.8 Å². The largest absolute Gasteiger partial charge is 0.386 e. The summed E-state index contributed by atoms with van der Waals surface area (Å²) in [5, 5.41) is 10.3. The van der Waals surface area contributed by atoms with E-state index >= 15 is 0 Å². The highest BCUT2D eigenvalue weighted by Gasteiger charge is 2.43. The Bertz CT molecular complexity index is 685. The molecule has 0 bridgehead atoms. The number of carbonyl (C=O) groups excluding carboxylic acids is 1. The number of aromatic nitrogens is 2. The van der Waals surface area contributed by atoms with E-state index in [-0.39, 0.29) is 11.7 Å². The van der Waals surface area contributed by atoms with Crippen LogP contribution in [0.15, 0.2) is 0 Å². The lowest BCUT2D eigenvalue weighted by Crippen LogP contribution is -2.63. The fourth-order valence-corrected chi connectivity index (χ4v) is 3.95. The van der Waals surface area contributed by atoms with Crippen LogP contribution < -0.4 is 4.90 Å². The molecule has 1 N–H and O–H groups in total. The lowest BCUT2D eigenvalue weighted by atomic mass is 9.89. The van der Waals surface area contributed by atoms with Gasteiger partial charge in [0.05, 0.1) is 18.7 Å². The number of nitrogens with zero attached hydrogens (tertiary/aromatic N) is 5. The molecular weight excluding hydrogens is 330 g/mol. The highest BCUT2D eigenvalue weighted by molar-refractivity contribution is 5.92. The van der Waals surface area contributed by atoms with E-state index in [0.717, 1.165) is 49.4 Å². The summed E-state index contributed by atoms with van der Waals surface area (Å²) in [6.07, 6.45) is 2.72. The highest BCUT2D eigenvalue weighted by atomic mass is 16.3. The summed E-state index contributed by atoms with van der Waals surface area (Å²) >= 11 is 0. The van der Waals surface area contributed by atoms with E-state index in [4.69, 9.17) is 0 Å². The molecule has 0 spiro atoms. The molecular formula is C19H31N5O2. The van der Waals surface area contributed by atoms with Gasteiger partial charge in [-0.05, 0) is 40.8 Å². The molecule has 3 heterocycles. The van der Waals surface area contributed by atoms with Crippen LogP contribution in [0.4, 0.5) is 5.82 Å². The number of likely N-dealkylation sites (tertiary alicyclic amines) is 1. The fourth-order valence-electron chi connectivity index (χ4n) is 3.95. The zero-order valence-electron chi connectivity index (χ0n) is 16.6. The average molecular weight is 361 g/mol. The van der Waals surface area contributed by atoms with E-state index in [0.29, 0.717) is 19.1 Å². The minimum atomic E-state index is -0.735. The molecule has 2 aliphatic heterocycles. The van der Waals surface area contributed by atoms with Gasteiger partial charge in [-0.25, -0.2) is 9.97 Å². The monoisotopic (exact) mass is 361 g/mol. The normalized spacial score (nSPS) is 22.0. The van der Waals surface area contributed by atoms with E-state index in [9.17, 15) is 9.90 Å². The second-order valence-corrected chi connectivity index (χ2v) is 8.07. The maximum atomic E-state index is 12.8. The molecule has 7 nitrogen and oxygen atoms in total. The van der Waals surface area contributed by atoms with E-state index in [1.165, 1.54) is 0 Å². The van der Waals surface area contributed by atoms with E-state index in [1.807, 2.05) is 20.8 Å². The second-order valence-electron chi connectivity index (χ2n) is 8.07. The average Bonchev–Trinajstić information content (AvgIpc) is 3.04. The Morgan fingerprint density at radius 2 is 2.00 bits per heavy atom. The van der Waals surface area contributed by atoms with Crippen molar-refractivity contribution in [2.75, 3.05) is 45.2 Å². The number of hydrogen-bond acceptors (Lipinski definition) is 6. The van der Waals surface area contributed by atoms with Crippen molar-refractivity contribution in [2.24, 2.45) is 0 Å². The zero-order valence-corrected chi connectivity index (χ0v) is 16.6. The van der Waals surface area contributed by atoms with Crippen LogP contribution in [0.2, 0.25) is 0 Å². The summed E-state index contributed by atoms with van der Waals surface area (Å²) in [6, 6.07) is 0.503. The molecule has 7 heteroatoms. The van der Waals surface area contributed by atoms with Crippen LogP contribution in [0.1, 0.15) is 48.1 Å². The molecule has 0 unspecified atom stereocenters. The summed E-state index contributed by atoms with van der Waals surface area (Å²) in [5.41, 5.74) is 1.14. The second kappa shape index (κ2) is 7.12. The van der Waals surface area contributed by atoms with Gasteiger partial charge in [-0.2, -0.15) is 0 Å². The maximum absolute atomic E-state index is 12.8. The van der Waals surface area contributed by atoms with Gasteiger partial charge in [0.2, 0.25) is 5.82 Å². The van der Waals surface area contributed by atoms with Crippen LogP contribution >= 0.6 is 0 Å². The van der Waals surface area contributed by atoms with Crippen LogP contribution in [-0.4, -0.2) is 82.7 Å². The van der Waals surface area contributed by atoms with Gasteiger partial charge in [0.1, 0.15) is 5.82 Å². The third kappa shape index (κ3) is 3.55. The standard InChI is InChI=1S/C19H31N5O2/c1-6-8-19(26)11-24(12-19)18(25)16-20-14(3)13(2)17(21-16)23-9-7-15(10-23)22(4)5/h15,26H,6-12H2,1-5H3/t15-/m1/s1. The number of amides is 1. The molecule has 144 valence electrons. The van der Waals surface area contributed by atoms with Crippen molar-refractivity contribution in [1.82, 2.24) is 19.8 Å². The lowest BCUT2D eigenvalue weighted by Gasteiger charge is -2.46. The molecule has 2 fully saturated rings. The van der Waals surface area contributed by atoms with Gasteiger partial charge < -0.3 is 19.8 Å². The van der Waals surface area contributed by atoms with Crippen molar-refractivity contribution in [3.05, 3.63) is 17.1 Å². The number of aryl methyl sites for hydroxylation is 1. The first kappa shape index (κ1) is 19.0. The van der Waals surface area contributed by atoms with Gasteiger partial charge in [0, 0.05) is 30.4 Å². The number of hydrogen-bond donors (Lipinski definition) is 1. The van der Waals surface area contributed by atoms with Gasteiger partial charge >= 0.3 is 0 Å². The number of likely N-dealkylation sites (N-methyl/N-ethyl adjacent to an activating group) is 1. The van der Waals surface area contributed by atoms with Gasteiger partial charge in [0.15, 0.2) is 0 Å². The molecule has 0 aromatic carbocycles. The minimum Gasteiger partial charge on any atom is -0.386 e. The Labute approximate surface area is 156 Å². The van der Waals surface area contributed by atoms with Gasteiger partial charge in [-0.3, -0.25) is 4.79 Å². The summed E-state index contributed by atoms with van der Waals surface area (Å²) in [5.74, 6) is 0.933. The van der Waals surface area contributed by atoms with Crippen molar-refractivity contribution >= 4 is 11.7 Å². The number of aliphatic hydroxyl groups is 1. The molecule has 0 aliphatic carbocycles. The SMILES string of the molecule is CCCC1(O)CN(C(=O)c2nc(C)c(C)c(N3CC[C@@H](N(C)C)C3)n2)C1. The van der Waals surface area contributed by atoms with Crippen LogP contribution in [0.25, 0.3) is 0 Å². The van der Waals surface area contributed by atoms with Crippen molar-refractivity contribution in [3.63, 3.8) is 0 Å². The number of rotatable bonds is 5. The molecule has 2 aliphatic rings. The third-order valence-corrected chi connectivity index (χ3v) is 5.72. The van der Waals surface area contributed by atoms with Gasteiger partial charge in [-0.15, -0.1) is 0 Å². The number of anilines is 1. The van der Waals surface area contributed by atoms with E-state index in [2.05, 4.69) is 33.9 Å². The van der Waals surface area contributed by atoms with Crippen LogP contribution in [0.5, 0.6) is 0 Å². The molecule has 1 aromatic heterocycles. The highest BCUT2D eigenvalue weighted by Crippen LogP contribution is 2.29. The molecule has 2 saturated heterocycles. The first-order valence-corrected chi connectivity index (χ1v) is 9.52. The van der Waals surface area contributed by atoms with Crippen molar-refractivity contribution in [1.29, 1.82) is 0 Å². The molecule has 1 aromatic rings. The van der Waals surface area contributed by atoms with E-state index in [1.54, 1.807) is 4.90 Å². The van der Waals surface area contributed by atoms with Crippen molar-refractivity contribution in [3.8, 4) is 0 Å². The fraction of sp³-hybridized carbons (Fsp3) is 0.737. The van der Waals surface area contributed by atoms with Crippen LogP contribution in [0.3, 0.4) is 0 Å². The summed E-state index contributed by atoms with van der Waals surface area (Å²) in [6.45, 7) is 8.59. The van der Waals surface area contributed by atoms with Gasteiger partial charge in [0.25, 0.3) is 5.91 Å². The Balaban J connectivity index is 1.78. The minimum absolute atomic E-state index is 0.182. The first-order valence-electron chi connectivity index (χ1n) is 9.52. The summed E-state index contributed by atoms with van der Waals surface area (Å²) in [4.78, 5) is 28.0. The first-order chi connectivity index (χ1) is 12.2. The molecule has 0 saturated carbocycles. The van der Waals surface area contributed by atoms with Crippen molar-refractivity contribution in [2.45, 2.75) is 51.7 Å². The number of carbonyl (C=O) groups is 1. The smallest absolute Gasteiger partial charge is 0.291 e. The Kier molecular flexibility index (Phi) is 5.21. The molecule has 26 heavy (non-hydrogen) atoms. The van der Waals surface area contributed by atoms with E-state index < -0.39 is 5.60 Å². The summed E-state index contributed by atoms with van der Waals surface area (Å²) in [7, 11) is 4.20. The Morgan fingerprint density at radius 3 is 2.58 bits per heavy atom. The maximum Gasteiger partial charge on any atom is 0.291 e. The predicted octanol–water partition coefficient (Wildman–Crippen LogP) is 1.22. The summed E-state index contributed by atoms with van der Waals surface area (Å²) < 4.78 is 0. The quantitative estimate of drug-likeness (QED) is 0.850. The third-order valence-electron chi connectivity index (χ3n) is 5.72. The number of β-amino-alcohol motifs (C(OH)–C–C–N with tert-alkyl or cyclic N) is 1. The molecule has 1 amide bonds. The van der Waals surface area contributed by atoms with Crippen LogP contribution in [-0.2, 0) is 0 Å². The molecule has 3 rings (SSSR count). The van der Waals surface area contributed by atoms with Crippen molar-refractivity contribution < 1.29 is 9.90 Å². The van der Waals surface area contributed by atoms with Crippen LogP contribution in [0, 0.1) is 13.8 Å².